The Morgan fingerprint density at radius 2 is 1.85 bits per heavy atom. The predicted octanol–water partition coefficient (Wildman–Crippen LogP) is 5.06. The van der Waals surface area contributed by atoms with Crippen LogP contribution in [0, 0.1) is 0 Å². The smallest absolute Gasteiger partial charge is 0.192 e. The minimum absolute atomic E-state index is 0.148. The van der Waals surface area contributed by atoms with Crippen LogP contribution in [-0.4, -0.2) is 29.3 Å². The average Bonchev–Trinajstić information content (AvgIpc) is 2.66. The molecule has 0 saturated carbocycles. The lowest BCUT2D eigenvalue weighted by molar-refractivity contribution is -0.112. The first-order valence-corrected chi connectivity index (χ1v) is 7.62. The van der Waals surface area contributed by atoms with Gasteiger partial charge in [0.1, 0.15) is 18.6 Å². The van der Waals surface area contributed by atoms with Gasteiger partial charge in [-0.2, -0.15) is 0 Å². The minimum atomic E-state index is -0.424. The number of allylic oxidation sites excluding steroid dienone is 7. The predicted molar refractivity (Wildman–Crippen MR) is 109 cm³/mol. The lowest BCUT2D eigenvalue weighted by Crippen LogP contribution is -2.08. The normalized spacial score (nSPS) is 11.4. The molecular formula is C21H27NO4. The van der Waals surface area contributed by atoms with E-state index in [-0.39, 0.29) is 29.9 Å². The molecule has 0 unspecified atom stereocenters. The summed E-state index contributed by atoms with van der Waals surface area (Å²) < 4.78 is 5.12. The molecule has 0 atom stereocenters. The number of aliphatic imine (C=N–C) groups is 1. The van der Waals surface area contributed by atoms with Crippen molar-refractivity contribution in [1.29, 1.82) is 0 Å². The molecule has 0 bridgehead atoms. The fourth-order valence-electron chi connectivity index (χ4n) is 1.36. The first-order chi connectivity index (χ1) is 12.4. The molecule has 0 aliphatic heterocycles. The van der Waals surface area contributed by atoms with Crippen LogP contribution in [0.5, 0.6) is 0 Å². The van der Waals surface area contributed by atoms with E-state index in [1.54, 1.807) is 18.2 Å². The molecule has 0 aliphatic rings. The number of ketones is 1. The van der Waals surface area contributed by atoms with Crippen LogP contribution in [0.15, 0.2) is 103 Å². The summed E-state index contributed by atoms with van der Waals surface area (Å²) in [5.74, 6) is -0.780. The molecule has 0 spiro atoms. The first-order valence-electron chi connectivity index (χ1n) is 7.62. The summed E-state index contributed by atoms with van der Waals surface area (Å²) in [5, 5.41) is 18.2. The van der Waals surface area contributed by atoms with E-state index >= 15 is 0 Å². The van der Waals surface area contributed by atoms with E-state index in [1.807, 2.05) is 13.0 Å². The quantitative estimate of drug-likeness (QED) is 0.135. The van der Waals surface area contributed by atoms with Gasteiger partial charge in [-0.3, -0.25) is 9.79 Å². The third-order valence-electron chi connectivity index (χ3n) is 2.64. The van der Waals surface area contributed by atoms with Crippen molar-refractivity contribution in [3.63, 3.8) is 0 Å². The molecule has 0 aliphatic carbocycles. The number of nitrogens with zero attached hydrogens (tertiary/aromatic N) is 1. The van der Waals surface area contributed by atoms with Crippen LogP contribution in [0.3, 0.4) is 0 Å². The maximum atomic E-state index is 12.4. The number of carbonyl (C=O) groups is 1. The van der Waals surface area contributed by atoms with E-state index in [1.165, 1.54) is 18.5 Å². The summed E-state index contributed by atoms with van der Waals surface area (Å²) >= 11 is 0. The topological polar surface area (TPSA) is 79.1 Å². The Balaban J connectivity index is 0. The molecule has 26 heavy (non-hydrogen) atoms. The van der Waals surface area contributed by atoms with Crippen molar-refractivity contribution in [2.24, 2.45) is 4.99 Å². The zero-order chi connectivity index (χ0) is 20.4. The lowest BCUT2D eigenvalue weighted by atomic mass is 9.97. The van der Waals surface area contributed by atoms with E-state index in [4.69, 9.17) is 9.84 Å². The van der Waals surface area contributed by atoms with Crippen LogP contribution in [-0.2, 0) is 9.53 Å². The van der Waals surface area contributed by atoms with Crippen LogP contribution in [0.4, 0.5) is 0 Å². The van der Waals surface area contributed by atoms with Gasteiger partial charge < -0.3 is 14.9 Å². The van der Waals surface area contributed by atoms with E-state index in [0.29, 0.717) is 11.8 Å². The number of hydrogen-bond donors (Lipinski definition) is 2. The van der Waals surface area contributed by atoms with Crippen LogP contribution < -0.4 is 0 Å². The maximum absolute atomic E-state index is 12.4. The Hall–Kier alpha value is -3.34. The van der Waals surface area contributed by atoms with Crippen molar-refractivity contribution in [3.8, 4) is 0 Å². The van der Waals surface area contributed by atoms with Gasteiger partial charge in [-0.15, -0.1) is 0 Å². The Labute approximate surface area is 155 Å². The van der Waals surface area contributed by atoms with Crippen molar-refractivity contribution in [1.82, 2.24) is 0 Å². The molecule has 0 radical (unpaired) electrons. The molecule has 2 N–H and O–H groups in total. The summed E-state index contributed by atoms with van der Waals surface area (Å²) in [6, 6.07) is 0. The molecule has 0 saturated heterocycles. The van der Waals surface area contributed by atoms with E-state index in [2.05, 4.69) is 38.0 Å². The number of Topliss-reactive ketones (excluding diaryl/α,β-unsaturated/α-hetero) is 1. The Morgan fingerprint density at radius 3 is 2.31 bits per heavy atom. The SMILES string of the molecule is C=CCO/C=C(/C/C(O)=C/O)C(=O)C(=C)C(=C)/C=C\C=C/C.C=CN=C. The fourth-order valence-corrected chi connectivity index (χ4v) is 1.36. The molecule has 0 aromatic rings. The van der Waals surface area contributed by atoms with Gasteiger partial charge in [0.25, 0.3) is 0 Å². The number of aliphatic hydroxyl groups is 2. The van der Waals surface area contributed by atoms with Crippen LogP contribution >= 0.6 is 0 Å². The number of aliphatic hydroxyl groups excluding tert-OH is 2. The summed E-state index contributed by atoms with van der Waals surface area (Å²) in [5.41, 5.74) is 0.778. The molecule has 140 valence electrons. The van der Waals surface area contributed by atoms with Crippen molar-refractivity contribution in [2.45, 2.75) is 13.3 Å². The lowest BCUT2D eigenvalue weighted by Gasteiger charge is -2.09. The zero-order valence-electron chi connectivity index (χ0n) is 15.2. The zero-order valence-corrected chi connectivity index (χ0v) is 15.2. The average molecular weight is 357 g/mol. The minimum Gasteiger partial charge on any atom is -0.512 e. The summed E-state index contributed by atoms with van der Waals surface area (Å²) in [6.45, 7) is 19.4. The Bertz CT molecular complexity index is 628. The van der Waals surface area contributed by atoms with Crippen molar-refractivity contribution >= 4 is 12.5 Å². The largest absolute Gasteiger partial charge is 0.512 e. The highest BCUT2D eigenvalue weighted by Gasteiger charge is 2.17. The van der Waals surface area contributed by atoms with Crippen LogP contribution in [0.25, 0.3) is 0 Å². The van der Waals surface area contributed by atoms with Crippen molar-refractivity contribution in [2.75, 3.05) is 6.61 Å². The van der Waals surface area contributed by atoms with Gasteiger partial charge in [0.15, 0.2) is 5.78 Å². The summed E-state index contributed by atoms with van der Waals surface area (Å²) in [4.78, 5) is 15.6. The number of carbonyl (C=O) groups excluding carboxylic acids is 1. The third-order valence-corrected chi connectivity index (χ3v) is 2.64. The number of ether oxygens (including phenoxy) is 1. The van der Waals surface area contributed by atoms with E-state index < -0.39 is 5.78 Å². The molecule has 5 nitrogen and oxygen atoms in total. The first kappa shape index (κ1) is 24.9. The molecular weight excluding hydrogens is 330 g/mol. The molecule has 0 aromatic carbocycles. The second kappa shape index (κ2) is 16.5. The Morgan fingerprint density at radius 1 is 1.23 bits per heavy atom. The van der Waals surface area contributed by atoms with Gasteiger partial charge in [0.2, 0.25) is 0 Å². The van der Waals surface area contributed by atoms with Gasteiger partial charge in [-0.05, 0) is 19.2 Å². The summed E-state index contributed by atoms with van der Waals surface area (Å²) in [6.07, 6.45) is 11.5. The van der Waals surface area contributed by atoms with Crippen molar-refractivity contribution < 1.29 is 19.7 Å². The standard InChI is InChI=1S/C18H22O4.C3H5N/c1-5-7-8-9-14(3)15(4)18(21)16(11-17(20)12-19)13-22-10-6-2;1-3-4-2/h5-9,12-13,19-20H,2-4,10-11H2,1H3;3H,1-2H2/b7-5-,9-8-,16-13-,17-12-;. The third kappa shape index (κ3) is 12.1. The second-order valence-corrected chi connectivity index (χ2v) is 4.65. The van der Waals surface area contributed by atoms with Gasteiger partial charge in [-0.1, -0.05) is 56.7 Å². The highest BCUT2D eigenvalue weighted by molar-refractivity contribution is 6.11. The second-order valence-electron chi connectivity index (χ2n) is 4.65. The van der Waals surface area contributed by atoms with E-state index in [0.717, 1.165) is 0 Å². The fraction of sp³-hybridized carbons (Fsp3) is 0.143. The Kier molecular flexibility index (Phi) is 15.8. The van der Waals surface area contributed by atoms with Gasteiger partial charge in [0, 0.05) is 23.8 Å². The number of hydrogen-bond acceptors (Lipinski definition) is 5. The van der Waals surface area contributed by atoms with E-state index in [9.17, 15) is 9.90 Å². The highest BCUT2D eigenvalue weighted by atomic mass is 16.5. The van der Waals surface area contributed by atoms with Gasteiger partial charge in [0.05, 0.1) is 6.26 Å². The maximum Gasteiger partial charge on any atom is 0.192 e. The summed E-state index contributed by atoms with van der Waals surface area (Å²) in [7, 11) is 0. The molecule has 0 heterocycles. The van der Waals surface area contributed by atoms with Crippen LogP contribution in [0.1, 0.15) is 13.3 Å². The molecule has 0 rings (SSSR count). The van der Waals surface area contributed by atoms with Gasteiger partial charge >= 0.3 is 0 Å². The number of rotatable bonds is 11. The molecule has 5 heteroatoms. The highest BCUT2D eigenvalue weighted by Crippen LogP contribution is 2.18. The monoisotopic (exact) mass is 357 g/mol. The molecule has 0 aromatic heterocycles. The molecule has 0 fully saturated rings. The van der Waals surface area contributed by atoms with Crippen LogP contribution in [0.2, 0.25) is 0 Å². The van der Waals surface area contributed by atoms with Gasteiger partial charge in [-0.25, -0.2) is 0 Å². The molecule has 0 amide bonds. The van der Waals surface area contributed by atoms with Crippen molar-refractivity contribution in [3.05, 3.63) is 97.9 Å².